The van der Waals surface area contributed by atoms with Gasteiger partial charge in [0.25, 0.3) is 0 Å². The maximum atomic E-state index is 3.70. The molecule has 0 aromatic rings. The van der Waals surface area contributed by atoms with Gasteiger partial charge in [-0.3, -0.25) is 0 Å². The Kier molecular flexibility index (Phi) is 2.37. The number of fused-ring (bicyclic) bond motifs is 3. The van der Waals surface area contributed by atoms with Crippen molar-refractivity contribution >= 4 is 27.7 Å². The molecule has 1 heterocycles. The monoisotopic (exact) mass is 268 g/mol. The number of rotatable bonds is 0. The van der Waals surface area contributed by atoms with Crippen molar-refractivity contribution in [2.24, 2.45) is 5.92 Å². The summed E-state index contributed by atoms with van der Waals surface area (Å²) in [4.78, 5) is 0.593. The van der Waals surface area contributed by atoms with Gasteiger partial charge in [0.1, 0.15) is 0 Å². The van der Waals surface area contributed by atoms with Crippen molar-refractivity contribution in [2.75, 3.05) is 0 Å². The Morgan fingerprint density at radius 1 is 1.36 bits per heavy atom. The molecule has 0 saturated carbocycles. The molecule has 0 spiro atoms. The molecule has 2 heteroatoms. The van der Waals surface area contributed by atoms with E-state index in [-0.39, 0.29) is 0 Å². The first-order valence-corrected chi connectivity index (χ1v) is 7.05. The van der Waals surface area contributed by atoms with Crippen LogP contribution in [0.4, 0.5) is 0 Å². The Hall–Kier alpha value is 0.0500. The highest BCUT2D eigenvalue weighted by atomic mass is 79.9. The van der Waals surface area contributed by atoms with Crippen LogP contribution >= 0.6 is 27.7 Å². The standard InChI is InChI=1S/C12H13BrS/c13-8-5-6-12-10(7-8)9-3-1-2-4-11(9)14-12/h1-3,5-6,8,10-12H,4,7H2. The third kappa shape index (κ3) is 1.43. The van der Waals surface area contributed by atoms with E-state index in [4.69, 9.17) is 0 Å². The fourth-order valence-electron chi connectivity index (χ4n) is 2.60. The molecule has 4 unspecified atom stereocenters. The summed E-state index contributed by atoms with van der Waals surface area (Å²) in [7, 11) is 0. The molecule has 2 aliphatic carbocycles. The predicted octanol–water partition coefficient (Wildman–Crippen LogP) is 3.70. The zero-order valence-corrected chi connectivity index (χ0v) is 10.3. The van der Waals surface area contributed by atoms with E-state index in [1.54, 1.807) is 5.57 Å². The summed E-state index contributed by atoms with van der Waals surface area (Å²) in [5.74, 6) is 0.796. The molecule has 0 nitrogen and oxygen atoms in total. The smallest absolute Gasteiger partial charge is 0.0332 e. The highest BCUT2D eigenvalue weighted by Crippen LogP contribution is 2.50. The van der Waals surface area contributed by atoms with Gasteiger partial charge >= 0.3 is 0 Å². The van der Waals surface area contributed by atoms with Crippen molar-refractivity contribution in [1.29, 1.82) is 0 Å². The summed E-state index contributed by atoms with van der Waals surface area (Å²) in [6, 6.07) is 0. The van der Waals surface area contributed by atoms with E-state index < -0.39 is 0 Å². The lowest BCUT2D eigenvalue weighted by Crippen LogP contribution is -2.20. The van der Waals surface area contributed by atoms with Crippen molar-refractivity contribution in [3.05, 3.63) is 36.0 Å². The van der Waals surface area contributed by atoms with E-state index >= 15 is 0 Å². The number of allylic oxidation sites excluding steroid dienone is 4. The van der Waals surface area contributed by atoms with Gasteiger partial charge in [-0.1, -0.05) is 51.9 Å². The van der Waals surface area contributed by atoms with E-state index in [0.717, 1.165) is 16.4 Å². The Balaban J connectivity index is 1.92. The fourth-order valence-corrected chi connectivity index (χ4v) is 4.83. The third-order valence-electron chi connectivity index (χ3n) is 3.28. The van der Waals surface area contributed by atoms with Crippen molar-refractivity contribution in [2.45, 2.75) is 28.2 Å². The molecule has 0 aromatic carbocycles. The van der Waals surface area contributed by atoms with Crippen molar-refractivity contribution in [1.82, 2.24) is 0 Å². The van der Waals surface area contributed by atoms with E-state index in [2.05, 4.69) is 58.1 Å². The highest BCUT2D eigenvalue weighted by molar-refractivity contribution is 9.09. The second kappa shape index (κ2) is 3.57. The molecule has 0 bridgehead atoms. The second-order valence-corrected chi connectivity index (χ2v) is 6.72. The molecule has 0 radical (unpaired) electrons. The molecule has 1 aliphatic heterocycles. The third-order valence-corrected chi connectivity index (χ3v) is 5.55. The summed E-state index contributed by atoms with van der Waals surface area (Å²) >= 11 is 5.85. The topological polar surface area (TPSA) is 0 Å². The van der Waals surface area contributed by atoms with Gasteiger partial charge in [-0.2, -0.15) is 0 Å². The minimum absolute atomic E-state index is 0.593. The lowest BCUT2D eigenvalue weighted by atomic mass is 9.84. The number of thioether (sulfide) groups is 1. The normalized spacial score (nSPS) is 44.5. The Bertz CT molecular complexity index is 329. The highest BCUT2D eigenvalue weighted by Gasteiger charge is 2.40. The van der Waals surface area contributed by atoms with Crippen molar-refractivity contribution in [3.8, 4) is 0 Å². The van der Waals surface area contributed by atoms with Gasteiger partial charge in [0.15, 0.2) is 0 Å². The van der Waals surface area contributed by atoms with Crippen molar-refractivity contribution in [3.63, 3.8) is 0 Å². The fraction of sp³-hybridized carbons (Fsp3) is 0.500. The maximum absolute atomic E-state index is 3.70. The van der Waals surface area contributed by atoms with Crippen LogP contribution in [0.3, 0.4) is 0 Å². The zero-order valence-electron chi connectivity index (χ0n) is 7.90. The first kappa shape index (κ1) is 9.29. The molecule has 3 aliphatic rings. The van der Waals surface area contributed by atoms with Gasteiger partial charge in [-0.15, -0.1) is 11.8 Å². The molecular weight excluding hydrogens is 256 g/mol. The molecule has 0 amide bonds. The van der Waals surface area contributed by atoms with Crippen LogP contribution in [0.15, 0.2) is 36.0 Å². The molecule has 1 saturated heterocycles. The largest absolute Gasteiger partial charge is 0.146 e. The van der Waals surface area contributed by atoms with Gasteiger partial charge in [0.05, 0.1) is 0 Å². The van der Waals surface area contributed by atoms with E-state index in [9.17, 15) is 0 Å². The summed E-state index contributed by atoms with van der Waals surface area (Å²) in [6.07, 6.45) is 14.1. The number of hydrogen-bond donors (Lipinski definition) is 0. The molecule has 1 fully saturated rings. The van der Waals surface area contributed by atoms with Crippen LogP contribution in [0.5, 0.6) is 0 Å². The average molecular weight is 269 g/mol. The SMILES string of the molecule is BrC1C=CC2SC3CC=CC=C3C2C1. The number of hydrogen-bond acceptors (Lipinski definition) is 1. The average Bonchev–Trinajstić information content (AvgIpc) is 2.56. The molecule has 0 aromatic heterocycles. The van der Waals surface area contributed by atoms with Gasteiger partial charge in [0.2, 0.25) is 0 Å². The van der Waals surface area contributed by atoms with Crippen molar-refractivity contribution < 1.29 is 0 Å². The number of halogens is 1. The van der Waals surface area contributed by atoms with Crippen LogP contribution in [-0.4, -0.2) is 15.3 Å². The molecular formula is C12H13BrS. The molecule has 74 valence electrons. The first-order chi connectivity index (χ1) is 6.84. The summed E-state index contributed by atoms with van der Waals surface area (Å²) in [5, 5.41) is 1.53. The van der Waals surface area contributed by atoms with Crippen LogP contribution in [0.2, 0.25) is 0 Å². The van der Waals surface area contributed by atoms with Crippen LogP contribution in [-0.2, 0) is 0 Å². The lowest BCUT2D eigenvalue weighted by Gasteiger charge is -2.24. The minimum atomic E-state index is 0.593. The maximum Gasteiger partial charge on any atom is 0.0332 e. The van der Waals surface area contributed by atoms with Crippen LogP contribution in [0, 0.1) is 5.92 Å². The van der Waals surface area contributed by atoms with Crippen LogP contribution < -0.4 is 0 Å². The Morgan fingerprint density at radius 2 is 2.29 bits per heavy atom. The number of alkyl halides is 1. The van der Waals surface area contributed by atoms with Crippen LogP contribution in [0.25, 0.3) is 0 Å². The first-order valence-electron chi connectivity index (χ1n) is 5.19. The van der Waals surface area contributed by atoms with Gasteiger partial charge in [0, 0.05) is 15.3 Å². The summed E-state index contributed by atoms with van der Waals surface area (Å²) < 4.78 is 0. The van der Waals surface area contributed by atoms with Gasteiger partial charge < -0.3 is 0 Å². The summed E-state index contributed by atoms with van der Waals surface area (Å²) in [5.41, 5.74) is 1.69. The molecule has 4 atom stereocenters. The Labute approximate surface area is 97.7 Å². The zero-order chi connectivity index (χ0) is 9.54. The predicted molar refractivity (Wildman–Crippen MR) is 67.0 cm³/mol. The van der Waals surface area contributed by atoms with E-state index in [0.29, 0.717) is 4.83 Å². The van der Waals surface area contributed by atoms with E-state index in [1.165, 1.54) is 12.8 Å². The Morgan fingerprint density at radius 3 is 3.21 bits per heavy atom. The van der Waals surface area contributed by atoms with Gasteiger partial charge in [-0.25, -0.2) is 0 Å². The molecule has 0 N–H and O–H groups in total. The van der Waals surface area contributed by atoms with Gasteiger partial charge in [-0.05, 0) is 18.8 Å². The minimum Gasteiger partial charge on any atom is -0.146 e. The molecule has 14 heavy (non-hydrogen) atoms. The lowest BCUT2D eigenvalue weighted by molar-refractivity contribution is 0.579. The summed E-state index contributed by atoms with van der Waals surface area (Å²) in [6.45, 7) is 0. The van der Waals surface area contributed by atoms with Crippen LogP contribution in [0.1, 0.15) is 12.8 Å². The van der Waals surface area contributed by atoms with E-state index in [1.807, 2.05) is 0 Å². The molecule has 3 rings (SSSR count). The quantitative estimate of drug-likeness (QED) is 0.477. The second-order valence-electron chi connectivity index (χ2n) is 4.16.